The fraction of sp³-hybridized carbons (Fsp3) is 0.400. The summed E-state index contributed by atoms with van der Waals surface area (Å²) in [5.41, 5.74) is 2.78. The molecule has 2 aliphatic rings. The predicted molar refractivity (Wildman–Crippen MR) is 162 cm³/mol. The summed E-state index contributed by atoms with van der Waals surface area (Å²) in [5.74, 6) is 0.509. The number of hydrogen-bond acceptors (Lipinski definition) is 7. The number of carbonyl (C=O) groups excluding carboxylic acids is 1. The van der Waals surface area contributed by atoms with Crippen LogP contribution >= 0.6 is 11.6 Å². The van der Waals surface area contributed by atoms with Crippen molar-refractivity contribution in [2.75, 3.05) is 50.1 Å². The summed E-state index contributed by atoms with van der Waals surface area (Å²) < 4.78 is 16.8. The van der Waals surface area contributed by atoms with E-state index in [-0.39, 0.29) is 28.5 Å². The number of likely N-dealkylation sites (N-methyl/N-ethyl adjacent to an activating group) is 1. The van der Waals surface area contributed by atoms with Crippen LogP contribution in [0.25, 0.3) is 32.9 Å². The molecule has 2 fully saturated rings. The number of anilines is 2. The molecule has 2 saturated heterocycles. The van der Waals surface area contributed by atoms with Crippen LogP contribution in [0.2, 0.25) is 5.02 Å². The van der Waals surface area contributed by atoms with Gasteiger partial charge in [0.15, 0.2) is 5.82 Å². The Kier molecular flexibility index (Phi) is 6.86. The van der Waals surface area contributed by atoms with E-state index in [9.17, 15) is 4.79 Å². The first-order valence-corrected chi connectivity index (χ1v) is 14.2. The van der Waals surface area contributed by atoms with Gasteiger partial charge < -0.3 is 19.6 Å². The summed E-state index contributed by atoms with van der Waals surface area (Å²) in [4.78, 5) is 30.6. The van der Waals surface area contributed by atoms with Crippen LogP contribution in [0.3, 0.4) is 0 Å². The topological polar surface area (TPSA) is 84.5 Å². The minimum absolute atomic E-state index is 0.0972. The van der Waals surface area contributed by atoms with Gasteiger partial charge in [-0.1, -0.05) is 30.3 Å². The van der Waals surface area contributed by atoms with Crippen molar-refractivity contribution in [2.45, 2.75) is 38.9 Å². The van der Waals surface area contributed by atoms with Crippen molar-refractivity contribution < 1.29 is 9.18 Å². The lowest BCUT2D eigenvalue weighted by Crippen LogP contribution is -2.59. The Morgan fingerprint density at radius 2 is 1.83 bits per heavy atom. The Balaban J connectivity index is 1.53. The molecular weight excluding hydrogens is 543 g/mol. The monoisotopic (exact) mass is 576 g/mol. The van der Waals surface area contributed by atoms with Crippen LogP contribution < -0.4 is 9.80 Å². The molecule has 2 aliphatic heterocycles. The fourth-order valence-electron chi connectivity index (χ4n) is 6.20. The third kappa shape index (κ3) is 4.49. The molecule has 11 heteroatoms. The maximum atomic E-state index is 16.8. The second-order valence-corrected chi connectivity index (χ2v) is 11.9. The molecule has 0 bridgehead atoms. The Labute approximate surface area is 243 Å². The Morgan fingerprint density at radius 1 is 1.12 bits per heavy atom. The van der Waals surface area contributed by atoms with Crippen LogP contribution in [-0.2, 0) is 4.79 Å². The van der Waals surface area contributed by atoms with Crippen LogP contribution in [0, 0.1) is 12.7 Å². The first-order valence-electron chi connectivity index (χ1n) is 13.8. The molecule has 0 unspecified atom stereocenters. The number of benzene rings is 2. The number of nitrogens with one attached hydrogen (secondary N) is 1. The van der Waals surface area contributed by atoms with Gasteiger partial charge in [0.1, 0.15) is 11.3 Å². The molecule has 4 aromatic rings. The van der Waals surface area contributed by atoms with Crippen LogP contribution in [0.1, 0.15) is 19.4 Å². The quantitative estimate of drug-likeness (QED) is 0.347. The highest BCUT2D eigenvalue weighted by molar-refractivity contribution is 6.35. The number of hydrogen-bond donors (Lipinski definition) is 1. The van der Waals surface area contributed by atoms with Crippen LogP contribution in [0.4, 0.5) is 16.2 Å². The van der Waals surface area contributed by atoms with E-state index < -0.39 is 5.82 Å². The first kappa shape index (κ1) is 27.4. The molecule has 41 heavy (non-hydrogen) atoms. The lowest BCUT2D eigenvalue weighted by molar-refractivity contribution is -0.130. The number of carbonyl (C=O) groups is 1. The van der Waals surface area contributed by atoms with Crippen molar-refractivity contribution >= 4 is 51.1 Å². The molecular formula is C30H34ClFN8O. The number of nitrogens with zero attached hydrogens (tertiary/aromatic N) is 7. The maximum absolute atomic E-state index is 16.8. The molecule has 2 atom stereocenters. The van der Waals surface area contributed by atoms with Gasteiger partial charge in [0.05, 0.1) is 16.7 Å². The van der Waals surface area contributed by atoms with Gasteiger partial charge in [-0.25, -0.2) is 9.37 Å². The zero-order chi connectivity index (χ0) is 29.2. The lowest BCUT2D eigenvalue weighted by Gasteiger charge is -2.45. The zero-order valence-electron chi connectivity index (χ0n) is 23.9. The van der Waals surface area contributed by atoms with Gasteiger partial charge in [0, 0.05) is 66.2 Å². The third-order valence-electron chi connectivity index (χ3n) is 8.45. The van der Waals surface area contributed by atoms with E-state index in [4.69, 9.17) is 21.6 Å². The van der Waals surface area contributed by atoms with Gasteiger partial charge in [-0.2, -0.15) is 10.1 Å². The number of H-pyrrole nitrogens is 1. The van der Waals surface area contributed by atoms with Gasteiger partial charge in [0.2, 0.25) is 11.9 Å². The number of aromatic nitrogens is 4. The standard InChI is InChI=1S/C30H34ClFN8O/c1-7-23(41)40-17(3)12-38(13-18(40)4)29-21-10-22(31)25(24-16(2)8-9-19-11-33-36-27(19)24)26(32)28(21)34-30(35-29)39-14-20(15-39)37(5)6/h7-11,17-18,20H,1,12-15H2,2-6H3,(H,33,36)/t17-,18+. The first-order chi connectivity index (χ1) is 19.6. The largest absolute Gasteiger partial charge is 0.352 e. The number of amides is 1. The van der Waals surface area contributed by atoms with E-state index in [0.717, 1.165) is 29.6 Å². The van der Waals surface area contributed by atoms with Crippen LogP contribution in [0.5, 0.6) is 0 Å². The molecule has 1 N–H and O–H groups in total. The number of halogens is 2. The van der Waals surface area contributed by atoms with Crippen molar-refractivity contribution in [3.8, 4) is 11.1 Å². The van der Waals surface area contributed by atoms with Gasteiger partial charge in [0.25, 0.3) is 0 Å². The number of aryl methyl sites for hydroxylation is 1. The fourth-order valence-corrected chi connectivity index (χ4v) is 6.49. The van der Waals surface area contributed by atoms with E-state index in [0.29, 0.717) is 47.4 Å². The summed E-state index contributed by atoms with van der Waals surface area (Å²) in [6.07, 6.45) is 3.07. The Bertz CT molecular complexity index is 1670. The number of fused-ring (bicyclic) bond motifs is 2. The average Bonchev–Trinajstić information content (AvgIpc) is 3.37. The summed E-state index contributed by atoms with van der Waals surface area (Å²) in [7, 11) is 4.10. The summed E-state index contributed by atoms with van der Waals surface area (Å²) >= 11 is 6.90. The summed E-state index contributed by atoms with van der Waals surface area (Å²) in [6, 6.07) is 5.85. The second kappa shape index (κ2) is 10.3. The van der Waals surface area contributed by atoms with Crippen LogP contribution in [0.15, 0.2) is 37.1 Å². The molecule has 1 amide bonds. The van der Waals surface area contributed by atoms with E-state index in [1.54, 1.807) is 12.3 Å². The SMILES string of the molecule is C=CC(=O)N1[C@H](C)CN(c2nc(N3CC(N(C)C)C3)nc3c(F)c(-c4c(C)ccc5cn[nH]c45)c(Cl)cc23)C[C@@H]1C. The average molecular weight is 577 g/mol. The normalized spacial score (nSPS) is 19.9. The van der Waals surface area contributed by atoms with E-state index >= 15 is 4.39 Å². The number of rotatable bonds is 5. The highest BCUT2D eigenvalue weighted by atomic mass is 35.5. The van der Waals surface area contributed by atoms with E-state index in [1.165, 1.54) is 6.08 Å². The molecule has 4 heterocycles. The molecule has 6 rings (SSSR count). The van der Waals surface area contributed by atoms with Gasteiger partial charge >= 0.3 is 0 Å². The molecule has 0 aliphatic carbocycles. The molecule has 0 spiro atoms. The minimum Gasteiger partial charge on any atom is -0.352 e. The van der Waals surface area contributed by atoms with Crippen molar-refractivity contribution in [3.05, 3.63) is 53.5 Å². The third-order valence-corrected chi connectivity index (χ3v) is 8.75. The summed E-state index contributed by atoms with van der Waals surface area (Å²) in [6.45, 7) is 12.2. The number of aromatic amines is 1. The molecule has 0 radical (unpaired) electrons. The smallest absolute Gasteiger partial charge is 0.246 e. The molecule has 2 aromatic heterocycles. The van der Waals surface area contributed by atoms with E-state index in [1.807, 2.05) is 51.9 Å². The maximum Gasteiger partial charge on any atom is 0.246 e. The van der Waals surface area contributed by atoms with Gasteiger partial charge in [-0.05, 0) is 52.6 Å². The number of piperazine rings is 1. The highest BCUT2D eigenvalue weighted by Crippen LogP contribution is 2.42. The van der Waals surface area contributed by atoms with Crippen molar-refractivity contribution in [1.82, 2.24) is 30.0 Å². The highest BCUT2D eigenvalue weighted by Gasteiger charge is 2.36. The van der Waals surface area contributed by atoms with Crippen molar-refractivity contribution in [1.29, 1.82) is 0 Å². The lowest BCUT2D eigenvalue weighted by atomic mass is 9.96. The van der Waals surface area contributed by atoms with Gasteiger partial charge in [-0.3, -0.25) is 9.89 Å². The van der Waals surface area contributed by atoms with Crippen molar-refractivity contribution in [2.24, 2.45) is 0 Å². The van der Waals surface area contributed by atoms with Crippen molar-refractivity contribution in [3.63, 3.8) is 0 Å². The molecule has 2 aromatic carbocycles. The van der Waals surface area contributed by atoms with E-state index in [2.05, 4.69) is 31.5 Å². The van der Waals surface area contributed by atoms with Crippen LogP contribution in [-0.4, -0.2) is 94.3 Å². The molecule has 0 saturated carbocycles. The second-order valence-electron chi connectivity index (χ2n) is 11.5. The summed E-state index contributed by atoms with van der Waals surface area (Å²) in [5, 5.41) is 8.88. The Morgan fingerprint density at radius 3 is 2.49 bits per heavy atom. The molecule has 214 valence electrons. The molecule has 9 nitrogen and oxygen atoms in total. The zero-order valence-corrected chi connectivity index (χ0v) is 24.7. The minimum atomic E-state index is -0.492. The Hall–Kier alpha value is -3.76. The predicted octanol–water partition coefficient (Wildman–Crippen LogP) is 4.64. The van der Waals surface area contributed by atoms with Gasteiger partial charge in [-0.15, -0.1) is 0 Å².